The first kappa shape index (κ1) is 14.1. The van der Waals surface area contributed by atoms with Crippen LogP contribution in [0, 0.1) is 0 Å². The van der Waals surface area contributed by atoms with Gasteiger partial charge in [-0.05, 0) is 54.8 Å². The molecule has 0 N–H and O–H groups in total. The first-order chi connectivity index (χ1) is 9.72. The van der Waals surface area contributed by atoms with E-state index in [-0.39, 0.29) is 0 Å². The molecule has 1 fully saturated rings. The smallest absolute Gasteiger partial charge is 0.129 e. The second-order valence-corrected chi connectivity index (χ2v) is 6.47. The quantitative estimate of drug-likeness (QED) is 0.736. The van der Waals surface area contributed by atoms with Gasteiger partial charge in [0.15, 0.2) is 0 Å². The fourth-order valence-corrected chi connectivity index (χ4v) is 3.50. The zero-order valence-corrected chi connectivity index (χ0v) is 13.4. The van der Waals surface area contributed by atoms with Gasteiger partial charge < -0.3 is 0 Å². The molecule has 2 nitrogen and oxygen atoms in total. The van der Waals surface area contributed by atoms with Crippen LogP contribution < -0.4 is 0 Å². The van der Waals surface area contributed by atoms with E-state index in [9.17, 15) is 0 Å². The summed E-state index contributed by atoms with van der Waals surface area (Å²) < 4.78 is 1.15. The van der Waals surface area contributed by atoms with E-state index in [0.717, 1.165) is 17.6 Å². The summed E-state index contributed by atoms with van der Waals surface area (Å²) in [5, 5.41) is 0.570. The number of hydrogen-bond acceptors (Lipinski definition) is 2. The van der Waals surface area contributed by atoms with Crippen molar-refractivity contribution >= 4 is 27.5 Å². The van der Waals surface area contributed by atoms with Crippen molar-refractivity contribution in [3.8, 4) is 0 Å². The van der Waals surface area contributed by atoms with Crippen LogP contribution in [0.25, 0.3) is 0 Å². The second kappa shape index (κ2) is 6.25. The van der Waals surface area contributed by atoms with E-state index in [1.54, 1.807) is 6.20 Å². The van der Waals surface area contributed by atoms with Crippen molar-refractivity contribution in [3.05, 3.63) is 63.3 Å². The highest BCUT2D eigenvalue weighted by Crippen LogP contribution is 2.34. The van der Waals surface area contributed by atoms with Crippen molar-refractivity contribution < 1.29 is 0 Å². The maximum absolute atomic E-state index is 5.97. The predicted molar refractivity (Wildman–Crippen MR) is 85.8 cm³/mol. The number of halogens is 2. The molecule has 1 aromatic carbocycles. The Morgan fingerprint density at radius 2 is 2.20 bits per heavy atom. The molecule has 0 amide bonds. The zero-order valence-electron chi connectivity index (χ0n) is 11.1. The number of nitrogens with zero attached hydrogens (tertiary/aromatic N) is 2. The normalized spacial score (nSPS) is 19.4. The summed E-state index contributed by atoms with van der Waals surface area (Å²) in [6.45, 7) is 2.07. The van der Waals surface area contributed by atoms with Gasteiger partial charge in [0.05, 0.1) is 0 Å². The topological polar surface area (TPSA) is 16.1 Å². The minimum atomic E-state index is 0.499. The Bertz CT molecular complexity index is 603. The van der Waals surface area contributed by atoms with Gasteiger partial charge in [0, 0.05) is 23.3 Å². The average molecular weight is 352 g/mol. The number of pyridine rings is 1. The lowest BCUT2D eigenvalue weighted by Gasteiger charge is -2.25. The van der Waals surface area contributed by atoms with Crippen LogP contribution in [0.15, 0.2) is 47.1 Å². The summed E-state index contributed by atoms with van der Waals surface area (Å²) in [6, 6.07) is 13.1. The number of aromatic nitrogens is 1. The molecule has 1 aliphatic rings. The van der Waals surface area contributed by atoms with Crippen LogP contribution in [-0.2, 0) is 6.54 Å². The SMILES string of the molecule is Clc1cc(CN2CCCC2c2cccc(Br)c2)ccn1. The summed E-state index contributed by atoms with van der Waals surface area (Å²) in [4.78, 5) is 6.57. The molecule has 1 saturated heterocycles. The van der Waals surface area contributed by atoms with Gasteiger partial charge in [0.25, 0.3) is 0 Å². The fourth-order valence-electron chi connectivity index (χ4n) is 2.88. The van der Waals surface area contributed by atoms with Crippen molar-refractivity contribution in [3.63, 3.8) is 0 Å². The largest absolute Gasteiger partial charge is 0.292 e. The maximum atomic E-state index is 5.97. The molecule has 2 heterocycles. The van der Waals surface area contributed by atoms with Crippen LogP contribution in [0.4, 0.5) is 0 Å². The summed E-state index contributed by atoms with van der Waals surface area (Å²) in [5.74, 6) is 0. The van der Waals surface area contributed by atoms with Crippen LogP contribution in [0.1, 0.15) is 30.0 Å². The molecule has 0 aliphatic carbocycles. The van der Waals surface area contributed by atoms with E-state index in [1.165, 1.54) is 24.0 Å². The third-order valence-electron chi connectivity index (χ3n) is 3.77. The van der Waals surface area contributed by atoms with Crippen LogP contribution in [0.3, 0.4) is 0 Å². The second-order valence-electron chi connectivity index (χ2n) is 5.17. The highest BCUT2D eigenvalue weighted by Gasteiger charge is 2.25. The Hall–Kier alpha value is -0.900. The molecule has 0 radical (unpaired) electrons. The van der Waals surface area contributed by atoms with E-state index in [2.05, 4.69) is 50.1 Å². The molecule has 0 spiro atoms. The van der Waals surface area contributed by atoms with Gasteiger partial charge >= 0.3 is 0 Å². The minimum absolute atomic E-state index is 0.499. The Morgan fingerprint density at radius 1 is 1.30 bits per heavy atom. The van der Waals surface area contributed by atoms with E-state index in [1.807, 2.05) is 12.1 Å². The molecule has 20 heavy (non-hydrogen) atoms. The standard InChI is InChI=1S/C16H16BrClN2/c17-14-4-1-3-13(10-14)15-5-2-8-20(15)11-12-6-7-19-16(18)9-12/h1,3-4,6-7,9-10,15H,2,5,8,11H2. The Labute approximate surface area is 132 Å². The lowest BCUT2D eigenvalue weighted by molar-refractivity contribution is 0.248. The van der Waals surface area contributed by atoms with Gasteiger partial charge in [0.1, 0.15) is 5.15 Å². The van der Waals surface area contributed by atoms with Gasteiger partial charge in [-0.3, -0.25) is 4.90 Å². The molecular weight excluding hydrogens is 336 g/mol. The molecule has 0 saturated carbocycles. The summed E-state index contributed by atoms with van der Waals surface area (Å²) in [5.41, 5.74) is 2.61. The van der Waals surface area contributed by atoms with Crippen LogP contribution in [-0.4, -0.2) is 16.4 Å². The maximum Gasteiger partial charge on any atom is 0.129 e. The van der Waals surface area contributed by atoms with Crippen molar-refractivity contribution in [2.75, 3.05) is 6.54 Å². The number of hydrogen-bond donors (Lipinski definition) is 0. The Kier molecular flexibility index (Phi) is 4.39. The predicted octanol–water partition coefficient (Wildman–Crippen LogP) is 4.83. The molecule has 4 heteroatoms. The lowest BCUT2D eigenvalue weighted by Crippen LogP contribution is -2.22. The van der Waals surface area contributed by atoms with E-state index >= 15 is 0 Å². The number of rotatable bonds is 3. The first-order valence-electron chi connectivity index (χ1n) is 6.82. The molecule has 2 aromatic rings. The van der Waals surface area contributed by atoms with Gasteiger partial charge in [-0.1, -0.05) is 39.7 Å². The Balaban J connectivity index is 1.79. The van der Waals surface area contributed by atoms with Crippen LogP contribution >= 0.6 is 27.5 Å². The minimum Gasteiger partial charge on any atom is -0.292 e. The first-order valence-corrected chi connectivity index (χ1v) is 7.99. The van der Waals surface area contributed by atoms with Gasteiger partial charge in [-0.15, -0.1) is 0 Å². The summed E-state index contributed by atoms with van der Waals surface area (Å²) >= 11 is 9.53. The van der Waals surface area contributed by atoms with Crippen LogP contribution in [0.2, 0.25) is 5.15 Å². The molecule has 1 unspecified atom stereocenters. The molecule has 1 atom stereocenters. The average Bonchev–Trinajstić information content (AvgIpc) is 2.87. The van der Waals surface area contributed by atoms with Gasteiger partial charge in [-0.2, -0.15) is 0 Å². The van der Waals surface area contributed by atoms with Gasteiger partial charge in [0.2, 0.25) is 0 Å². The van der Waals surface area contributed by atoms with Crippen LogP contribution in [0.5, 0.6) is 0 Å². The molecule has 3 rings (SSSR count). The zero-order chi connectivity index (χ0) is 13.9. The molecule has 1 aromatic heterocycles. The monoisotopic (exact) mass is 350 g/mol. The summed E-state index contributed by atoms with van der Waals surface area (Å²) in [7, 11) is 0. The van der Waals surface area contributed by atoms with Gasteiger partial charge in [-0.25, -0.2) is 4.98 Å². The van der Waals surface area contributed by atoms with Crippen molar-refractivity contribution in [1.82, 2.24) is 9.88 Å². The summed E-state index contributed by atoms with van der Waals surface area (Å²) in [6.07, 6.45) is 4.24. The molecular formula is C16H16BrClN2. The number of likely N-dealkylation sites (tertiary alicyclic amines) is 1. The highest BCUT2D eigenvalue weighted by atomic mass is 79.9. The third kappa shape index (κ3) is 3.22. The highest BCUT2D eigenvalue weighted by molar-refractivity contribution is 9.10. The van der Waals surface area contributed by atoms with Crippen molar-refractivity contribution in [1.29, 1.82) is 0 Å². The van der Waals surface area contributed by atoms with E-state index in [4.69, 9.17) is 11.6 Å². The van der Waals surface area contributed by atoms with Crippen molar-refractivity contribution in [2.45, 2.75) is 25.4 Å². The van der Waals surface area contributed by atoms with E-state index in [0.29, 0.717) is 11.2 Å². The lowest BCUT2D eigenvalue weighted by atomic mass is 10.0. The molecule has 104 valence electrons. The third-order valence-corrected chi connectivity index (χ3v) is 4.47. The Morgan fingerprint density at radius 3 is 3.00 bits per heavy atom. The molecule has 1 aliphatic heterocycles. The van der Waals surface area contributed by atoms with Crippen molar-refractivity contribution in [2.24, 2.45) is 0 Å². The molecule has 0 bridgehead atoms. The number of benzene rings is 1. The van der Waals surface area contributed by atoms with E-state index < -0.39 is 0 Å². The fraction of sp³-hybridized carbons (Fsp3) is 0.312.